The second-order valence-corrected chi connectivity index (χ2v) is 5.13. The van der Waals surface area contributed by atoms with Gasteiger partial charge >= 0.3 is 0 Å². The van der Waals surface area contributed by atoms with E-state index in [0.29, 0.717) is 5.92 Å². The molecule has 98 valence electrons. The first-order chi connectivity index (χ1) is 9.15. The van der Waals surface area contributed by atoms with Crippen LogP contribution in [0.25, 0.3) is 0 Å². The van der Waals surface area contributed by atoms with Crippen LogP contribution in [0.5, 0.6) is 0 Å². The third kappa shape index (κ3) is 2.21. The molecule has 2 aromatic carbocycles. The van der Waals surface area contributed by atoms with Gasteiger partial charge in [0.25, 0.3) is 0 Å². The van der Waals surface area contributed by atoms with Gasteiger partial charge in [-0.25, -0.2) is 8.78 Å². The van der Waals surface area contributed by atoms with Gasteiger partial charge in [0.2, 0.25) is 0 Å². The van der Waals surface area contributed by atoms with Crippen LogP contribution < -0.4 is 5.32 Å². The zero-order chi connectivity index (χ0) is 13.4. The van der Waals surface area contributed by atoms with Crippen LogP contribution in [0.15, 0.2) is 42.5 Å². The molecule has 3 heteroatoms. The summed E-state index contributed by atoms with van der Waals surface area (Å²) in [7, 11) is 0. The topological polar surface area (TPSA) is 12.0 Å². The lowest BCUT2D eigenvalue weighted by Crippen LogP contribution is -2.26. The summed E-state index contributed by atoms with van der Waals surface area (Å²) in [6.45, 7) is 2.12. The molecule has 0 saturated heterocycles. The lowest BCUT2D eigenvalue weighted by atomic mass is 9.85. The second kappa shape index (κ2) is 4.65. The van der Waals surface area contributed by atoms with Gasteiger partial charge in [0, 0.05) is 5.69 Å². The fourth-order valence-electron chi connectivity index (χ4n) is 2.73. The molecule has 1 heterocycles. The van der Waals surface area contributed by atoms with Crippen molar-refractivity contribution in [3.63, 3.8) is 0 Å². The molecule has 0 fully saturated rings. The van der Waals surface area contributed by atoms with Gasteiger partial charge in [0.1, 0.15) is 0 Å². The molecule has 0 amide bonds. The van der Waals surface area contributed by atoms with Crippen LogP contribution in [0, 0.1) is 17.6 Å². The van der Waals surface area contributed by atoms with Gasteiger partial charge in [-0.3, -0.25) is 0 Å². The Bertz CT molecular complexity index is 609. The monoisotopic (exact) mass is 259 g/mol. The van der Waals surface area contributed by atoms with E-state index in [-0.39, 0.29) is 6.04 Å². The molecule has 0 saturated carbocycles. The SMILES string of the molecule is CC1Cc2ccccc2NC1c1ccc(F)c(F)c1. The van der Waals surface area contributed by atoms with Crippen molar-refractivity contribution in [3.05, 3.63) is 65.2 Å². The summed E-state index contributed by atoms with van der Waals surface area (Å²) in [6, 6.07) is 12.3. The molecule has 19 heavy (non-hydrogen) atoms. The van der Waals surface area contributed by atoms with Gasteiger partial charge in [-0.15, -0.1) is 0 Å². The minimum Gasteiger partial charge on any atom is -0.378 e. The smallest absolute Gasteiger partial charge is 0.159 e. The number of hydrogen-bond acceptors (Lipinski definition) is 1. The largest absolute Gasteiger partial charge is 0.378 e. The lowest BCUT2D eigenvalue weighted by Gasteiger charge is -2.33. The summed E-state index contributed by atoms with van der Waals surface area (Å²) in [5.74, 6) is -1.25. The summed E-state index contributed by atoms with van der Waals surface area (Å²) < 4.78 is 26.4. The Kier molecular flexibility index (Phi) is 2.97. The van der Waals surface area contributed by atoms with Crippen LogP contribution in [-0.2, 0) is 6.42 Å². The number of fused-ring (bicyclic) bond motifs is 1. The van der Waals surface area contributed by atoms with Gasteiger partial charge in [-0.2, -0.15) is 0 Å². The molecule has 0 bridgehead atoms. The highest BCUT2D eigenvalue weighted by atomic mass is 19.2. The zero-order valence-electron chi connectivity index (χ0n) is 10.7. The Labute approximate surface area is 111 Å². The van der Waals surface area contributed by atoms with Gasteiger partial charge in [0.05, 0.1) is 6.04 Å². The molecule has 3 rings (SSSR count). The Hall–Kier alpha value is -1.90. The van der Waals surface area contributed by atoms with Crippen molar-refractivity contribution in [2.24, 2.45) is 5.92 Å². The van der Waals surface area contributed by atoms with Crippen LogP contribution in [0.3, 0.4) is 0 Å². The standard InChI is InChI=1S/C16H15F2N/c1-10-8-11-4-2-3-5-15(11)19-16(10)12-6-7-13(17)14(18)9-12/h2-7,9-10,16,19H,8H2,1H3. The number of benzene rings is 2. The van der Waals surface area contributed by atoms with Crippen molar-refractivity contribution in [3.8, 4) is 0 Å². The molecule has 2 atom stereocenters. The quantitative estimate of drug-likeness (QED) is 0.804. The predicted octanol–water partition coefficient (Wildman–Crippen LogP) is 4.31. The van der Waals surface area contributed by atoms with Crippen LogP contribution in [0.1, 0.15) is 24.1 Å². The maximum Gasteiger partial charge on any atom is 0.159 e. The number of hydrogen-bond donors (Lipinski definition) is 1. The zero-order valence-corrected chi connectivity index (χ0v) is 10.7. The Morgan fingerprint density at radius 2 is 1.84 bits per heavy atom. The van der Waals surface area contributed by atoms with E-state index in [2.05, 4.69) is 18.3 Å². The summed E-state index contributed by atoms with van der Waals surface area (Å²) >= 11 is 0. The third-order valence-corrected chi connectivity index (χ3v) is 3.74. The van der Waals surface area contributed by atoms with Gasteiger partial charge < -0.3 is 5.32 Å². The number of halogens is 2. The van der Waals surface area contributed by atoms with Crippen molar-refractivity contribution in [2.75, 3.05) is 5.32 Å². The highest BCUT2D eigenvalue weighted by molar-refractivity contribution is 5.55. The Balaban J connectivity index is 1.96. The average Bonchev–Trinajstić information content (AvgIpc) is 2.41. The first kappa shape index (κ1) is 12.2. The summed E-state index contributed by atoms with van der Waals surface area (Å²) in [4.78, 5) is 0. The summed E-state index contributed by atoms with van der Waals surface area (Å²) in [5, 5.41) is 3.42. The fraction of sp³-hybridized carbons (Fsp3) is 0.250. The van der Waals surface area contributed by atoms with Crippen LogP contribution in [-0.4, -0.2) is 0 Å². The van der Waals surface area contributed by atoms with E-state index >= 15 is 0 Å². The van der Waals surface area contributed by atoms with E-state index in [9.17, 15) is 8.78 Å². The molecule has 1 N–H and O–H groups in total. The van der Waals surface area contributed by atoms with Gasteiger partial charge in [-0.1, -0.05) is 31.2 Å². The molecule has 0 aliphatic carbocycles. The van der Waals surface area contributed by atoms with E-state index in [1.165, 1.54) is 17.7 Å². The molecule has 0 spiro atoms. The van der Waals surface area contributed by atoms with E-state index in [4.69, 9.17) is 0 Å². The van der Waals surface area contributed by atoms with Crippen molar-refractivity contribution in [1.82, 2.24) is 0 Å². The number of anilines is 1. The van der Waals surface area contributed by atoms with Crippen molar-refractivity contribution in [1.29, 1.82) is 0 Å². The molecular formula is C16H15F2N. The molecule has 2 aromatic rings. The predicted molar refractivity (Wildman–Crippen MR) is 72.0 cm³/mol. The maximum atomic E-state index is 13.4. The molecule has 2 unspecified atom stereocenters. The van der Waals surface area contributed by atoms with Gasteiger partial charge in [0.15, 0.2) is 11.6 Å². The minimum atomic E-state index is -0.799. The maximum absolute atomic E-state index is 13.4. The Morgan fingerprint density at radius 3 is 2.63 bits per heavy atom. The van der Waals surface area contributed by atoms with E-state index in [0.717, 1.165) is 17.7 Å². The average molecular weight is 259 g/mol. The minimum absolute atomic E-state index is 0.0185. The van der Waals surface area contributed by atoms with E-state index in [1.54, 1.807) is 6.07 Å². The van der Waals surface area contributed by atoms with Crippen molar-refractivity contribution < 1.29 is 8.78 Å². The first-order valence-corrected chi connectivity index (χ1v) is 6.44. The molecule has 0 aromatic heterocycles. The van der Waals surface area contributed by atoms with Crippen LogP contribution >= 0.6 is 0 Å². The van der Waals surface area contributed by atoms with E-state index < -0.39 is 11.6 Å². The molecule has 0 radical (unpaired) electrons. The van der Waals surface area contributed by atoms with Crippen LogP contribution in [0.2, 0.25) is 0 Å². The molecule has 1 nitrogen and oxygen atoms in total. The first-order valence-electron chi connectivity index (χ1n) is 6.44. The highest BCUT2D eigenvalue weighted by Gasteiger charge is 2.26. The van der Waals surface area contributed by atoms with Crippen molar-refractivity contribution in [2.45, 2.75) is 19.4 Å². The second-order valence-electron chi connectivity index (χ2n) is 5.13. The lowest BCUT2D eigenvalue weighted by molar-refractivity contribution is 0.468. The van der Waals surface area contributed by atoms with Gasteiger partial charge in [-0.05, 0) is 41.7 Å². The third-order valence-electron chi connectivity index (χ3n) is 3.74. The number of para-hydroxylation sites is 1. The highest BCUT2D eigenvalue weighted by Crippen LogP contribution is 2.36. The Morgan fingerprint density at radius 1 is 1.05 bits per heavy atom. The molecule has 1 aliphatic rings. The summed E-state index contributed by atoms with van der Waals surface area (Å²) in [6.07, 6.45) is 0.937. The molecular weight excluding hydrogens is 244 g/mol. The van der Waals surface area contributed by atoms with E-state index in [1.807, 2.05) is 18.2 Å². The number of nitrogens with one attached hydrogen (secondary N) is 1. The van der Waals surface area contributed by atoms with Crippen LogP contribution in [0.4, 0.5) is 14.5 Å². The summed E-state index contributed by atoms with van der Waals surface area (Å²) in [5.41, 5.74) is 3.14. The fourth-order valence-corrected chi connectivity index (χ4v) is 2.73. The number of rotatable bonds is 1. The van der Waals surface area contributed by atoms with Crippen molar-refractivity contribution >= 4 is 5.69 Å². The molecule has 1 aliphatic heterocycles. The normalized spacial score (nSPS) is 21.6.